The van der Waals surface area contributed by atoms with Crippen molar-refractivity contribution in [1.82, 2.24) is 9.88 Å². The Kier molecular flexibility index (Phi) is 3.96. The molecule has 0 saturated heterocycles. The number of nitrogens with one attached hydrogen (secondary N) is 1. The van der Waals surface area contributed by atoms with E-state index in [0.29, 0.717) is 6.42 Å². The van der Waals surface area contributed by atoms with Crippen LogP contribution in [0.15, 0.2) is 60.8 Å². The highest BCUT2D eigenvalue weighted by Gasteiger charge is 2.18. The smallest absolute Gasteiger partial charge is 0.227 e. The van der Waals surface area contributed by atoms with E-state index in [9.17, 15) is 4.79 Å². The second-order valence-corrected chi connectivity index (χ2v) is 5.63. The molecule has 3 heteroatoms. The van der Waals surface area contributed by atoms with Crippen LogP contribution in [-0.2, 0) is 11.2 Å². The fraction of sp³-hybridized carbons (Fsp3) is 0.211. The number of hydrogen-bond donors (Lipinski definition) is 1. The molecular formula is C19H20N2O. The summed E-state index contributed by atoms with van der Waals surface area (Å²) in [5, 5.41) is 1.12. The Morgan fingerprint density at radius 2 is 1.77 bits per heavy atom. The number of hydrogen-bond acceptors (Lipinski definition) is 1. The molecule has 1 amide bonds. The number of benzene rings is 2. The highest BCUT2D eigenvalue weighted by atomic mass is 16.2. The minimum absolute atomic E-state index is 0.0684. The number of aromatic nitrogens is 1. The number of aromatic amines is 1. The van der Waals surface area contributed by atoms with E-state index in [1.54, 1.807) is 0 Å². The number of nitrogens with zero attached hydrogens (tertiary/aromatic N) is 1. The number of carbonyl (C=O) groups excluding carboxylic acids is 1. The van der Waals surface area contributed by atoms with E-state index in [0.717, 1.165) is 22.0 Å². The molecule has 1 N–H and O–H groups in total. The lowest BCUT2D eigenvalue weighted by Gasteiger charge is -2.25. The lowest BCUT2D eigenvalue weighted by atomic mass is 10.1. The summed E-state index contributed by atoms with van der Waals surface area (Å²) in [5.41, 5.74) is 3.27. The summed E-state index contributed by atoms with van der Waals surface area (Å²) in [6.45, 7) is 2.06. The highest BCUT2D eigenvalue weighted by Crippen LogP contribution is 2.22. The van der Waals surface area contributed by atoms with Gasteiger partial charge in [0.25, 0.3) is 0 Å². The number of likely N-dealkylation sites (N-methyl/N-ethyl adjacent to an activating group) is 1. The lowest BCUT2D eigenvalue weighted by Crippen LogP contribution is -2.30. The topological polar surface area (TPSA) is 36.1 Å². The van der Waals surface area contributed by atoms with Crippen LogP contribution in [0.2, 0.25) is 0 Å². The Morgan fingerprint density at radius 1 is 1.09 bits per heavy atom. The largest absolute Gasteiger partial charge is 0.361 e. The summed E-state index contributed by atoms with van der Waals surface area (Å²) in [6, 6.07) is 18.3. The average Bonchev–Trinajstić information content (AvgIpc) is 2.97. The Hall–Kier alpha value is -2.55. The third kappa shape index (κ3) is 2.75. The molecular weight excluding hydrogens is 272 g/mol. The van der Waals surface area contributed by atoms with Gasteiger partial charge in [-0.1, -0.05) is 48.5 Å². The molecule has 22 heavy (non-hydrogen) atoms. The second kappa shape index (κ2) is 6.06. The van der Waals surface area contributed by atoms with Gasteiger partial charge in [0.2, 0.25) is 5.91 Å². The SMILES string of the molecule is C[C@H](c1ccccc1)N(C)C(=O)Cc1c[nH]c2ccccc12. The first-order valence-corrected chi connectivity index (χ1v) is 7.52. The molecule has 0 fully saturated rings. The van der Waals surface area contributed by atoms with Crippen LogP contribution >= 0.6 is 0 Å². The Labute approximate surface area is 130 Å². The number of H-pyrrole nitrogens is 1. The average molecular weight is 292 g/mol. The maximum atomic E-state index is 12.6. The highest BCUT2D eigenvalue weighted by molar-refractivity contribution is 5.88. The molecule has 0 unspecified atom stereocenters. The Morgan fingerprint density at radius 3 is 2.55 bits per heavy atom. The summed E-state index contributed by atoms with van der Waals surface area (Å²) < 4.78 is 0. The maximum absolute atomic E-state index is 12.6. The summed E-state index contributed by atoms with van der Waals surface area (Å²) in [4.78, 5) is 17.6. The van der Waals surface area contributed by atoms with Gasteiger partial charge in [-0.25, -0.2) is 0 Å². The van der Waals surface area contributed by atoms with Gasteiger partial charge in [-0.15, -0.1) is 0 Å². The summed E-state index contributed by atoms with van der Waals surface area (Å²) in [6.07, 6.45) is 2.35. The molecule has 0 aliphatic rings. The monoisotopic (exact) mass is 292 g/mol. The maximum Gasteiger partial charge on any atom is 0.227 e. The Bertz CT molecular complexity index is 776. The van der Waals surface area contributed by atoms with Gasteiger partial charge >= 0.3 is 0 Å². The van der Waals surface area contributed by atoms with Crippen LogP contribution in [-0.4, -0.2) is 22.8 Å². The quantitative estimate of drug-likeness (QED) is 0.777. The summed E-state index contributed by atoms with van der Waals surface area (Å²) in [5.74, 6) is 0.126. The van der Waals surface area contributed by atoms with E-state index in [-0.39, 0.29) is 11.9 Å². The van der Waals surface area contributed by atoms with Crippen molar-refractivity contribution in [3.63, 3.8) is 0 Å². The van der Waals surface area contributed by atoms with Crippen molar-refractivity contribution in [3.8, 4) is 0 Å². The Balaban J connectivity index is 1.76. The van der Waals surface area contributed by atoms with Crippen molar-refractivity contribution in [2.24, 2.45) is 0 Å². The molecule has 0 spiro atoms. The number of carbonyl (C=O) groups is 1. The van der Waals surface area contributed by atoms with Crippen LogP contribution in [0, 0.1) is 0 Å². The molecule has 0 aliphatic carbocycles. The van der Waals surface area contributed by atoms with Crippen molar-refractivity contribution in [2.75, 3.05) is 7.05 Å². The van der Waals surface area contributed by atoms with E-state index in [2.05, 4.69) is 30.1 Å². The van der Waals surface area contributed by atoms with E-state index in [1.807, 2.05) is 54.5 Å². The second-order valence-electron chi connectivity index (χ2n) is 5.63. The third-order valence-electron chi connectivity index (χ3n) is 4.27. The van der Waals surface area contributed by atoms with Crippen LogP contribution in [0.5, 0.6) is 0 Å². The lowest BCUT2D eigenvalue weighted by molar-refractivity contribution is -0.131. The zero-order valence-electron chi connectivity index (χ0n) is 12.9. The van der Waals surface area contributed by atoms with E-state index in [1.165, 1.54) is 0 Å². The predicted octanol–water partition coefficient (Wildman–Crippen LogP) is 3.93. The fourth-order valence-electron chi connectivity index (χ4n) is 2.74. The van der Waals surface area contributed by atoms with Gasteiger partial charge in [-0.3, -0.25) is 4.79 Å². The van der Waals surface area contributed by atoms with Gasteiger partial charge in [0.05, 0.1) is 12.5 Å². The number of fused-ring (bicyclic) bond motifs is 1. The standard InChI is InChI=1S/C19H20N2O/c1-14(15-8-4-3-5-9-15)21(2)19(22)12-16-13-20-18-11-7-6-10-17(16)18/h3-11,13-14,20H,12H2,1-2H3/t14-/m1/s1. The van der Waals surface area contributed by atoms with Gasteiger partial charge in [0.15, 0.2) is 0 Å². The van der Waals surface area contributed by atoms with Gasteiger partial charge in [0, 0.05) is 24.1 Å². The number of rotatable bonds is 4. The van der Waals surface area contributed by atoms with Gasteiger partial charge < -0.3 is 9.88 Å². The van der Waals surface area contributed by atoms with Crippen LogP contribution in [0.3, 0.4) is 0 Å². The molecule has 0 bridgehead atoms. The van der Waals surface area contributed by atoms with E-state index in [4.69, 9.17) is 0 Å². The molecule has 0 saturated carbocycles. The molecule has 3 aromatic rings. The summed E-state index contributed by atoms with van der Waals surface area (Å²) >= 11 is 0. The molecule has 0 radical (unpaired) electrons. The van der Waals surface area contributed by atoms with Crippen LogP contribution < -0.4 is 0 Å². The molecule has 2 aromatic carbocycles. The van der Waals surface area contributed by atoms with Crippen molar-refractivity contribution >= 4 is 16.8 Å². The molecule has 3 rings (SSSR count). The first kappa shape index (κ1) is 14.4. The predicted molar refractivity (Wildman–Crippen MR) is 89.6 cm³/mol. The van der Waals surface area contributed by atoms with Crippen molar-refractivity contribution in [1.29, 1.82) is 0 Å². The van der Waals surface area contributed by atoms with Gasteiger partial charge in [-0.05, 0) is 24.1 Å². The first-order chi connectivity index (χ1) is 10.7. The molecule has 112 valence electrons. The molecule has 1 atom stereocenters. The third-order valence-corrected chi connectivity index (χ3v) is 4.27. The van der Waals surface area contributed by atoms with Gasteiger partial charge in [0.1, 0.15) is 0 Å². The summed E-state index contributed by atoms with van der Waals surface area (Å²) in [7, 11) is 1.87. The first-order valence-electron chi connectivity index (χ1n) is 7.52. The minimum Gasteiger partial charge on any atom is -0.361 e. The zero-order chi connectivity index (χ0) is 15.5. The van der Waals surface area contributed by atoms with E-state index < -0.39 is 0 Å². The number of amides is 1. The molecule has 1 heterocycles. The molecule has 1 aromatic heterocycles. The van der Waals surface area contributed by atoms with Crippen LogP contribution in [0.4, 0.5) is 0 Å². The molecule has 0 aliphatic heterocycles. The fourth-order valence-corrected chi connectivity index (χ4v) is 2.74. The minimum atomic E-state index is 0.0684. The zero-order valence-corrected chi connectivity index (χ0v) is 12.9. The van der Waals surface area contributed by atoms with Gasteiger partial charge in [-0.2, -0.15) is 0 Å². The normalized spacial score (nSPS) is 12.3. The van der Waals surface area contributed by atoms with Crippen molar-refractivity contribution < 1.29 is 4.79 Å². The van der Waals surface area contributed by atoms with E-state index >= 15 is 0 Å². The van der Waals surface area contributed by atoms with Crippen LogP contribution in [0.1, 0.15) is 24.1 Å². The van der Waals surface area contributed by atoms with Crippen LogP contribution in [0.25, 0.3) is 10.9 Å². The number of para-hydroxylation sites is 1. The van der Waals surface area contributed by atoms with Crippen molar-refractivity contribution in [2.45, 2.75) is 19.4 Å². The molecule has 3 nitrogen and oxygen atoms in total. The van der Waals surface area contributed by atoms with Crippen molar-refractivity contribution in [3.05, 3.63) is 71.9 Å².